The van der Waals surface area contributed by atoms with Crippen LogP contribution in [0.5, 0.6) is 17.4 Å². The highest BCUT2D eigenvalue weighted by Crippen LogP contribution is 2.34. The van der Waals surface area contributed by atoms with E-state index >= 15 is 0 Å². The quantitative estimate of drug-likeness (QED) is 0.662. The van der Waals surface area contributed by atoms with Crippen LogP contribution < -0.4 is 9.47 Å². The lowest BCUT2D eigenvalue weighted by Gasteiger charge is -2.10. The molecule has 0 aliphatic rings. The Bertz CT molecular complexity index is 802. The van der Waals surface area contributed by atoms with Gasteiger partial charge < -0.3 is 9.47 Å². The fourth-order valence-corrected chi connectivity index (χ4v) is 2.70. The van der Waals surface area contributed by atoms with Gasteiger partial charge in [0.05, 0.1) is 11.6 Å². The van der Waals surface area contributed by atoms with Gasteiger partial charge >= 0.3 is 0 Å². The molecule has 1 heterocycles. The molecule has 0 spiro atoms. The first-order chi connectivity index (χ1) is 10.2. The maximum atomic E-state index is 5.96. The summed E-state index contributed by atoms with van der Waals surface area (Å²) in [6, 6.07) is 13.7. The van der Waals surface area contributed by atoms with Crippen LogP contribution in [0.3, 0.4) is 0 Å². The summed E-state index contributed by atoms with van der Waals surface area (Å²) in [5, 5.41) is 1.98. The van der Waals surface area contributed by atoms with Gasteiger partial charge in [0.25, 0.3) is 0 Å². The van der Waals surface area contributed by atoms with Crippen molar-refractivity contribution in [3.63, 3.8) is 0 Å². The number of benzene rings is 2. The third-order valence-corrected chi connectivity index (χ3v) is 3.85. The van der Waals surface area contributed by atoms with Gasteiger partial charge in [-0.05, 0) is 64.1 Å². The highest BCUT2D eigenvalue weighted by molar-refractivity contribution is 9.10. The Morgan fingerprint density at radius 3 is 2.67 bits per heavy atom. The number of fused-ring (bicyclic) bond motifs is 1. The molecule has 4 heteroatoms. The second kappa shape index (κ2) is 5.74. The van der Waals surface area contributed by atoms with E-state index in [9.17, 15) is 0 Å². The monoisotopic (exact) mass is 343 g/mol. The van der Waals surface area contributed by atoms with E-state index in [1.54, 1.807) is 13.3 Å². The number of pyridine rings is 1. The topological polar surface area (TPSA) is 31.4 Å². The summed E-state index contributed by atoms with van der Waals surface area (Å²) in [6.07, 6.45) is 1.74. The minimum atomic E-state index is 0.566. The van der Waals surface area contributed by atoms with Crippen LogP contribution in [0.25, 0.3) is 10.8 Å². The van der Waals surface area contributed by atoms with E-state index < -0.39 is 0 Å². The number of methoxy groups -OCH3 is 1. The molecular formula is C17H14BrNO2. The summed E-state index contributed by atoms with van der Waals surface area (Å²) < 4.78 is 12.1. The van der Waals surface area contributed by atoms with Crippen LogP contribution in [0.4, 0.5) is 0 Å². The van der Waals surface area contributed by atoms with E-state index in [-0.39, 0.29) is 0 Å². The molecule has 0 bridgehead atoms. The molecule has 2 aromatic carbocycles. The summed E-state index contributed by atoms with van der Waals surface area (Å²) in [5.74, 6) is 2.09. The number of hydrogen-bond acceptors (Lipinski definition) is 3. The molecule has 0 N–H and O–H groups in total. The third-order valence-electron chi connectivity index (χ3n) is 3.23. The molecule has 0 amide bonds. The van der Waals surface area contributed by atoms with Gasteiger partial charge in [-0.25, -0.2) is 4.98 Å². The summed E-state index contributed by atoms with van der Waals surface area (Å²) in [6.45, 7) is 2.04. The first kappa shape index (κ1) is 13.9. The van der Waals surface area contributed by atoms with Crippen LogP contribution in [-0.4, -0.2) is 12.1 Å². The van der Waals surface area contributed by atoms with Gasteiger partial charge in [0.15, 0.2) is 0 Å². The summed E-state index contributed by atoms with van der Waals surface area (Å²) >= 11 is 3.52. The second-order valence-corrected chi connectivity index (χ2v) is 5.59. The first-order valence-corrected chi connectivity index (χ1v) is 7.33. The summed E-state index contributed by atoms with van der Waals surface area (Å²) in [4.78, 5) is 4.34. The van der Waals surface area contributed by atoms with Crippen LogP contribution in [0.15, 0.2) is 53.1 Å². The Kier molecular flexibility index (Phi) is 3.80. The zero-order chi connectivity index (χ0) is 14.8. The van der Waals surface area contributed by atoms with E-state index in [0.29, 0.717) is 5.88 Å². The fraction of sp³-hybridized carbons (Fsp3) is 0.118. The van der Waals surface area contributed by atoms with Gasteiger partial charge in [-0.1, -0.05) is 12.1 Å². The minimum Gasteiger partial charge on any atom is -0.497 e. The molecule has 0 atom stereocenters. The van der Waals surface area contributed by atoms with Gasteiger partial charge in [-0.2, -0.15) is 0 Å². The summed E-state index contributed by atoms with van der Waals surface area (Å²) in [7, 11) is 1.65. The number of nitrogens with zero attached hydrogens (tertiary/aromatic N) is 1. The first-order valence-electron chi connectivity index (χ1n) is 6.54. The van der Waals surface area contributed by atoms with E-state index in [1.165, 1.54) is 5.56 Å². The van der Waals surface area contributed by atoms with Crippen LogP contribution in [-0.2, 0) is 0 Å². The lowest BCUT2D eigenvalue weighted by atomic mass is 10.1. The number of aromatic nitrogens is 1. The molecule has 3 rings (SSSR count). The van der Waals surface area contributed by atoms with Crippen molar-refractivity contribution in [2.24, 2.45) is 0 Å². The normalized spacial score (nSPS) is 10.6. The second-order valence-electron chi connectivity index (χ2n) is 4.74. The minimum absolute atomic E-state index is 0.566. The van der Waals surface area contributed by atoms with E-state index in [4.69, 9.17) is 9.47 Å². The maximum Gasteiger partial charge on any atom is 0.227 e. The number of halogens is 1. The predicted octanol–water partition coefficient (Wildman–Crippen LogP) is 5.11. The standard InChI is InChI=1S/C17H14BrNO2/c1-11-3-6-16(15(18)9-11)21-17-14-10-13(20-2)5-4-12(14)7-8-19-17/h3-10H,1-2H3. The lowest BCUT2D eigenvalue weighted by molar-refractivity contribution is 0.415. The number of aryl methyl sites for hydroxylation is 1. The van der Waals surface area contributed by atoms with Gasteiger partial charge in [-0.3, -0.25) is 0 Å². The fourth-order valence-electron chi connectivity index (χ4n) is 2.12. The average Bonchev–Trinajstić information content (AvgIpc) is 2.50. The SMILES string of the molecule is COc1ccc2ccnc(Oc3ccc(C)cc3Br)c2c1. The van der Waals surface area contributed by atoms with E-state index in [1.807, 2.05) is 49.4 Å². The molecular weight excluding hydrogens is 330 g/mol. The van der Waals surface area contributed by atoms with Crippen LogP contribution in [0, 0.1) is 6.92 Å². The molecule has 0 aliphatic carbocycles. The number of ether oxygens (including phenoxy) is 2. The molecule has 0 fully saturated rings. The third kappa shape index (κ3) is 2.85. The van der Waals surface area contributed by atoms with Crippen molar-refractivity contribution in [2.75, 3.05) is 7.11 Å². The zero-order valence-corrected chi connectivity index (χ0v) is 13.3. The lowest BCUT2D eigenvalue weighted by Crippen LogP contribution is -1.91. The number of rotatable bonds is 3. The average molecular weight is 344 g/mol. The van der Waals surface area contributed by atoms with Crippen molar-refractivity contribution in [3.8, 4) is 17.4 Å². The zero-order valence-electron chi connectivity index (χ0n) is 11.8. The predicted molar refractivity (Wildman–Crippen MR) is 87.2 cm³/mol. The summed E-state index contributed by atoms with van der Waals surface area (Å²) in [5.41, 5.74) is 1.17. The molecule has 0 aliphatic heterocycles. The van der Waals surface area contributed by atoms with Crippen molar-refractivity contribution >= 4 is 26.7 Å². The molecule has 0 saturated carbocycles. The van der Waals surface area contributed by atoms with E-state index in [2.05, 4.69) is 20.9 Å². The molecule has 1 aromatic heterocycles. The number of hydrogen-bond donors (Lipinski definition) is 0. The Hall–Kier alpha value is -2.07. The van der Waals surface area contributed by atoms with Gasteiger partial charge in [0.1, 0.15) is 11.5 Å². The van der Waals surface area contributed by atoms with Crippen molar-refractivity contribution in [1.82, 2.24) is 4.98 Å². The van der Waals surface area contributed by atoms with Crippen molar-refractivity contribution in [1.29, 1.82) is 0 Å². The highest BCUT2D eigenvalue weighted by Gasteiger charge is 2.09. The molecule has 0 unspecified atom stereocenters. The Labute approximate surface area is 131 Å². The van der Waals surface area contributed by atoms with Crippen molar-refractivity contribution < 1.29 is 9.47 Å². The van der Waals surface area contributed by atoms with Gasteiger partial charge in [-0.15, -0.1) is 0 Å². The molecule has 106 valence electrons. The molecule has 3 aromatic rings. The largest absolute Gasteiger partial charge is 0.497 e. The van der Waals surface area contributed by atoms with Gasteiger partial charge in [0, 0.05) is 11.6 Å². The Morgan fingerprint density at radius 1 is 1.05 bits per heavy atom. The van der Waals surface area contributed by atoms with Crippen LogP contribution >= 0.6 is 15.9 Å². The Morgan fingerprint density at radius 2 is 1.90 bits per heavy atom. The molecule has 0 saturated heterocycles. The van der Waals surface area contributed by atoms with Crippen molar-refractivity contribution in [3.05, 3.63) is 58.7 Å². The molecule has 3 nitrogen and oxygen atoms in total. The smallest absolute Gasteiger partial charge is 0.227 e. The van der Waals surface area contributed by atoms with Gasteiger partial charge in [0.2, 0.25) is 5.88 Å². The van der Waals surface area contributed by atoms with Crippen LogP contribution in [0.2, 0.25) is 0 Å². The van der Waals surface area contributed by atoms with Crippen molar-refractivity contribution in [2.45, 2.75) is 6.92 Å². The Balaban J connectivity index is 2.07. The molecule has 21 heavy (non-hydrogen) atoms. The molecule has 0 radical (unpaired) electrons. The van der Waals surface area contributed by atoms with Crippen LogP contribution in [0.1, 0.15) is 5.56 Å². The maximum absolute atomic E-state index is 5.96. The highest BCUT2D eigenvalue weighted by atomic mass is 79.9. The van der Waals surface area contributed by atoms with E-state index in [0.717, 1.165) is 26.7 Å².